The molecule has 0 aliphatic carbocycles. The lowest BCUT2D eigenvalue weighted by Gasteiger charge is -1.89. The molecule has 4 heteroatoms. The molecule has 14 heavy (non-hydrogen) atoms. The molecule has 0 amide bonds. The topological polar surface area (TPSA) is 52.0 Å². The van der Waals surface area contributed by atoms with E-state index < -0.39 is 0 Å². The van der Waals surface area contributed by atoms with E-state index in [1.165, 1.54) is 0 Å². The van der Waals surface area contributed by atoms with Crippen molar-refractivity contribution in [3.63, 3.8) is 0 Å². The predicted octanol–water partition coefficient (Wildman–Crippen LogP) is 2.42. The summed E-state index contributed by atoms with van der Waals surface area (Å²) in [6.07, 6.45) is 2.71. The van der Waals surface area contributed by atoms with E-state index in [9.17, 15) is 0 Å². The van der Waals surface area contributed by atoms with Crippen LogP contribution >= 0.6 is 11.3 Å². The van der Waals surface area contributed by atoms with Gasteiger partial charge in [0, 0.05) is 24.0 Å². The zero-order chi connectivity index (χ0) is 9.97. The van der Waals surface area contributed by atoms with Gasteiger partial charge >= 0.3 is 0 Å². The fraction of sp³-hybridized carbons (Fsp3) is 0.300. The summed E-state index contributed by atoms with van der Waals surface area (Å²) in [6.45, 7) is 2.61. The minimum absolute atomic E-state index is 0.541. The first-order valence-corrected chi connectivity index (χ1v) is 5.39. The average molecular weight is 208 g/mol. The van der Waals surface area contributed by atoms with Gasteiger partial charge in [-0.3, -0.25) is 0 Å². The number of furan rings is 1. The van der Waals surface area contributed by atoms with Crippen LogP contribution in [0.4, 0.5) is 0 Å². The Morgan fingerprint density at radius 2 is 2.36 bits per heavy atom. The first-order chi connectivity index (χ1) is 6.83. The average Bonchev–Trinajstić information content (AvgIpc) is 2.86. The molecule has 2 aromatic heterocycles. The number of aromatic nitrogens is 1. The molecule has 0 aliphatic rings. The van der Waals surface area contributed by atoms with Crippen LogP contribution in [0.2, 0.25) is 0 Å². The molecule has 2 aromatic rings. The molecule has 0 radical (unpaired) electrons. The van der Waals surface area contributed by atoms with Crippen LogP contribution in [0.25, 0.3) is 10.8 Å². The lowest BCUT2D eigenvalue weighted by molar-refractivity contribution is 0.529. The first kappa shape index (κ1) is 9.43. The van der Waals surface area contributed by atoms with Crippen molar-refractivity contribution < 1.29 is 4.42 Å². The van der Waals surface area contributed by atoms with Crippen molar-refractivity contribution in [3.05, 3.63) is 29.0 Å². The summed E-state index contributed by atoms with van der Waals surface area (Å²) in [5.41, 5.74) is 5.51. The maximum atomic E-state index is 5.58. The first-order valence-electron chi connectivity index (χ1n) is 4.57. The molecule has 2 rings (SSSR count). The number of rotatable bonds is 3. The van der Waals surface area contributed by atoms with Crippen molar-refractivity contribution in [2.75, 3.05) is 0 Å². The third kappa shape index (κ3) is 1.71. The van der Waals surface area contributed by atoms with Gasteiger partial charge in [0.2, 0.25) is 0 Å². The van der Waals surface area contributed by atoms with Crippen LogP contribution in [0, 0.1) is 0 Å². The monoisotopic (exact) mass is 208 g/mol. The Hall–Kier alpha value is -1.13. The predicted molar refractivity (Wildman–Crippen MR) is 57.1 cm³/mol. The van der Waals surface area contributed by atoms with Gasteiger partial charge in [0.05, 0.1) is 0 Å². The largest absolute Gasteiger partial charge is 0.459 e. The highest BCUT2D eigenvalue weighted by Crippen LogP contribution is 2.26. The van der Waals surface area contributed by atoms with Crippen LogP contribution in [0.3, 0.4) is 0 Å². The van der Waals surface area contributed by atoms with Gasteiger partial charge in [0.25, 0.3) is 0 Å². The zero-order valence-corrected chi connectivity index (χ0v) is 8.80. The molecule has 0 fully saturated rings. The van der Waals surface area contributed by atoms with Crippen molar-refractivity contribution in [1.82, 2.24) is 4.98 Å². The fourth-order valence-electron chi connectivity index (χ4n) is 1.20. The molecule has 2 heterocycles. The third-order valence-electron chi connectivity index (χ3n) is 1.98. The molecule has 0 bridgehead atoms. The van der Waals surface area contributed by atoms with Crippen LogP contribution < -0.4 is 5.73 Å². The summed E-state index contributed by atoms with van der Waals surface area (Å²) in [4.78, 5) is 5.33. The highest BCUT2D eigenvalue weighted by molar-refractivity contribution is 7.14. The van der Waals surface area contributed by atoms with Crippen molar-refractivity contribution in [3.8, 4) is 10.8 Å². The maximum absolute atomic E-state index is 5.58. The number of hydrogen-bond acceptors (Lipinski definition) is 4. The van der Waals surface area contributed by atoms with Gasteiger partial charge in [-0.05, 0) is 12.1 Å². The van der Waals surface area contributed by atoms with E-state index in [1.807, 2.05) is 12.1 Å². The van der Waals surface area contributed by atoms with E-state index in [-0.39, 0.29) is 0 Å². The zero-order valence-electron chi connectivity index (χ0n) is 7.99. The maximum Gasteiger partial charge on any atom is 0.162 e. The normalized spacial score (nSPS) is 10.7. The number of nitrogens with two attached hydrogens (primary N) is 1. The Kier molecular flexibility index (Phi) is 2.65. The summed E-state index contributed by atoms with van der Waals surface area (Å²) in [5.74, 6) is 1.83. The molecule has 0 saturated carbocycles. The molecular weight excluding hydrogens is 196 g/mol. The Balaban J connectivity index is 2.29. The molecule has 3 nitrogen and oxygen atoms in total. The van der Waals surface area contributed by atoms with Crippen LogP contribution in [0.5, 0.6) is 0 Å². The fourth-order valence-corrected chi connectivity index (χ4v) is 1.95. The van der Waals surface area contributed by atoms with Crippen molar-refractivity contribution >= 4 is 11.3 Å². The van der Waals surface area contributed by atoms with Gasteiger partial charge in [-0.25, -0.2) is 4.98 Å². The molecule has 0 aromatic carbocycles. The summed E-state index contributed by atoms with van der Waals surface area (Å²) < 4.78 is 5.58. The van der Waals surface area contributed by atoms with Gasteiger partial charge in [0.15, 0.2) is 10.8 Å². The second-order valence-corrected chi connectivity index (χ2v) is 4.07. The lowest BCUT2D eigenvalue weighted by Crippen LogP contribution is -1.91. The standard InChI is InChI=1S/C10H12N2OS/c1-2-7-3-4-9(13-7)10-12-6-8(5-11)14-10/h3-4,6H,2,5,11H2,1H3. The Morgan fingerprint density at radius 3 is 2.93 bits per heavy atom. The van der Waals surface area contributed by atoms with Crippen molar-refractivity contribution in [2.24, 2.45) is 5.73 Å². The van der Waals surface area contributed by atoms with Crippen molar-refractivity contribution in [1.29, 1.82) is 0 Å². The molecule has 0 spiro atoms. The van der Waals surface area contributed by atoms with Crippen LogP contribution in [-0.4, -0.2) is 4.98 Å². The number of nitrogens with zero attached hydrogens (tertiary/aromatic N) is 1. The van der Waals surface area contributed by atoms with Crippen LogP contribution in [0.15, 0.2) is 22.7 Å². The van der Waals surface area contributed by atoms with E-state index in [0.717, 1.165) is 27.8 Å². The smallest absolute Gasteiger partial charge is 0.162 e. The molecule has 0 atom stereocenters. The van der Waals surface area contributed by atoms with E-state index in [2.05, 4.69) is 11.9 Å². The Labute approximate surface area is 86.6 Å². The molecule has 0 unspecified atom stereocenters. The second kappa shape index (κ2) is 3.94. The quantitative estimate of drug-likeness (QED) is 0.842. The van der Waals surface area contributed by atoms with E-state index in [4.69, 9.17) is 10.2 Å². The summed E-state index contributed by atoms with van der Waals surface area (Å²) in [6, 6.07) is 3.94. The number of aryl methyl sites for hydroxylation is 1. The van der Waals surface area contributed by atoms with E-state index >= 15 is 0 Å². The third-order valence-corrected chi connectivity index (χ3v) is 3.01. The molecule has 74 valence electrons. The van der Waals surface area contributed by atoms with Crippen molar-refractivity contribution in [2.45, 2.75) is 19.9 Å². The Bertz CT molecular complexity index is 379. The highest BCUT2D eigenvalue weighted by atomic mass is 32.1. The van der Waals surface area contributed by atoms with Crippen LogP contribution in [0.1, 0.15) is 17.6 Å². The highest BCUT2D eigenvalue weighted by Gasteiger charge is 2.07. The van der Waals surface area contributed by atoms with Gasteiger partial charge in [-0.2, -0.15) is 0 Å². The van der Waals surface area contributed by atoms with Crippen LogP contribution in [-0.2, 0) is 13.0 Å². The van der Waals surface area contributed by atoms with Gasteiger partial charge in [-0.15, -0.1) is 11.3 Å². The molecule has 0 aliphatic heterocycles. The minimum atomic E-state index is 0.541. The van der Waals surface area contributed by atoms with Gasteiger partial charge in [0.1, 0.15) is 5.76 Å². The minimum Gasteiger partial charge on any atom is -0.459 e. The van der Waals surface area contributed by atoms with Gasteiger partial charge in [-0.1, -0.05) is 6.92 Å². The molecular formula is C10H12N2OS. The molecule has 0 saturated heterocycles. The Morgan fingerprint density at radius 1 is 1.50 bits per heavy atom. The van der Waals surface area contributed by atoms with E-state index in [1.54, 1.807) is 17.5 Å². The van der Waals surface area contributed by atoms with E-state index in [0.29, 0.717) is 6.54 Å². The summed E-state index contributed by atoms with van der Waals surface area (Å²) >= 11 is 1.58. The number of thiazole rings is 1. The lowest BCUT2D eigenvalue weighted by atomic mass is 10.4. The number of hydrogen-bond donors (Lipinski definition) is 1. The second-order valence-electron chi connectivity index (χ2n) is 2.96. The molecule has 2 N–H and O–H groups in total. The summed E-state index contributed by atoms with van der Waals surface area (Å²) in [5, 5.41) is 0.908. The van der Waals surface area contributed by atoms with Gasteiger partial charge < -0.3 is 10.2 Å². The SMILES string of the molecule is CCc1ccc(-c2ncc(CN)s2)o1. The summed E-state index contributed by atoms with van der Waals surface area (Å²) in [7, 11) is 0.